The molecule has 1 heterocycles. The van der Waals surface area contributed by atoms with Gasteiger partial charge in [0.2, 0.25) is 0 Å². The molecule has 0 bridgehead atoms. The number of nitrogens with zero attached hydrogens (tertiary/aromatic N) is 1. The van der Waals surface area contributed by atoms with Crippen molar-refractivity contribution in [2.75, 3.05) is 0 Å². The van der Waals surface area contributed by atoms with E-state index in [2.05, 4.69) is 4.98 Å². The van der Waals surface area contributed by atoms with Gasteiger partial charge in [0.1, 0.15) is 0 Å². The Kier molecular flexibility index (Phi) is 2.50. The van der Waals surface area contributed by atoms with Crippen molar-refractivity contribution in [2.24, 2.45) is 0 Å². The molecule has 0 saturated heterocycles. The highest BCUT2D eigenvalue weighted by Gasteiger charge is 2.08. The molecular weight excluding hydrogens is 252 g/mol. The molecule has 0 unspecified atom stereocenters. The van der Waals surface area contributed by atoms with E-state index in [9.17, 15) is 0 Å². The van der Waals surface area contributed by atoms with Crippen LogP contribution < -0.4 is 0 Å². The highest BCUT2D eigenvalue weighted by Crippen LogP contribution is 2.26. The van der Waals surface area contributed by atoms with Crippen molar-refractivity contribution in [3.8, 4) is 5.69 Å². The number of halogens is 1. The molecule has 1 aromatic heterocycles. The fourth-order valence-electron chi connectivity index (χ4n) is 1.94. The Morgan fingerprint density at radius 2 is 1.76 bits per heavy atom. The minimum Gasteiger partial charge on any atom is -0.330 e. The third kappa shape index (κ3) is 1.68. The molecule has 0 amide bonds. The van der Waals surface area contributed by atoms with Gasteiger partial charge in [0, 0.05) is 5.69 Å². The van der Waals surface area contributed by atoms with Gasteiger partial charge in [0.15, 0.2) is 4.77 Å². The normalized spacial score (nSPS) is 10.9. The standard InChI is InChI=1S/C13H9ClN2S/c14-10-7-4-8-11-12(10)16(13(17)15-11)9-5-2-1-3-6-9/h1-8H,(H,15,17). The number of rotatable bonds is 1. The number of aromatic amines is 1. The van der Waals surface area contributed by atoms with E-state index in [0.717, 1.165) is 16.7 Å². The maximum atomic E-state index is 6.24. The fraction of sp³-hybridized carbons (Fsp3) is 0. The first kappa shape index (κ1) is 10.6. The number of hydrogen-bond acceptors (Lipinski definition) is 1. The summed E-state index contributed by atoms with van der Waals surface area (Å²) < 4.78 is 2.60. The second-order valence-corrected chi connectivity index (χ2v) is 4.53. The molecule has 0 spiro atoms. The average Bonchev–Trinajstić information content (AvgIpc) is 2.68. The molecular formula is C13H9ClN2S. The van der Waals surface area contributed by atoms with E-state index in [-0.39, 0.29) is 0 Å². The Balaban J connectivity index is 2.45. The van der Waals surface area contributed by atoms with Crippen molar-refractivity contribution < 1.29 is 0 Å². The van der Waals surface area contributed by atoms with Crippen molar-refractivity contribution in [3.63, 3.8) is 0 Å². The summed E-state index contributed by atoms with van der Waals surface area (Å²) in [5.74, 6) is 0. The average molecular weight is 261 g/mol. The predicted octanol–water partition coefficient (Wildman–Crippen LogP) is 4.34. The van der Waals surface area contributed by atoms with Crippen LogP contribution in [0, 0.1) is 4.77 Å². The molecule has 2 nitrogen and oxygen atoms in total. The van der Waals surface area contributed by atoms with Crippen LogP contribution in [0.3, 0.4) is 0 Å². The Bertz CT molecular complexity index is 728. The first-order valence-electron chi connectivity index (χ1n) is 5.22. The topological polar surface area (TPSA) is 20.7 Å². The molecule has 0 aliphatic rings. The summed E-state index contributed by atoms with van der Waals surface area (Å²) in [6.45, 7) is 0. The second kappa shape index (κ2) is 4.02. The van der Waals surface area contributed by atoms with Crippen molar-refractivity contribution in [2.45, 2.75) is 0 Å². The van der Waals surface area contributed by atoms with Gasteiger partial charge in [-0.15, -0.1) is 0 Å². The summed E-state index contributed by atoms with van der Waals surface area (Å²) in [7, 11) is 0. The largest absolute Gasteiger partial charge is 0.330 e. The summed E-state index contributed by atoms with van der Waals surface area (Å²) in [5.41, 5.74) is 2.88. The lowest BCUT2D eigenvalue weighted by Gasteiger charge is -2.04. The van der Waals surface area contributed by atoms with Gasteiger partial charge in [-0.3, -0.25) is 4.57 Å². The van der Waals surface area contributed by atoms with Gasteiger partial charge in [-0.1, -0.05) is 35.9 Å². The number of hydrogen-bond donors (Lipinski definition) is 1. The number of para-hydroxylation sites is 2. The molecule has 0 saturated carbocycles. The third-order valence-electron chi connectivity index (χ3n) is 2.67. The first-order chi connectivity index (χ1) is 8.27. The molecule has 3 aromatic rings. The van der Waals surface area contributed by atoms with Gasteiger partial charge in [0.05, 0.1) is 16.1 Å². The Hall–Kier alpha value is -1.58. The molecule has 2 aromatic carbocycles. The van der Waals surface area contributed by atoms with Crippen LogP contribution in [0.1, 0.15) is 0 Å². The van der Waals surface area contributed by atoms with Crippen LogP contribution in [0.15, 0.2) is 48.5 Å². The van der Waals surface area contributed by atoms with Gasteiger partial charge >= 0.3 is 0 Å². The summed E-state index contributed by atoms with van der Waals surface area (Å²) in [4.78, 5) is 3.16. The summed E-state index contributed by atoms with van der Waals surface area (Å²) in [6.07, 6.45) is 0. The molecule has 17 heavy (non-hydrogen) atoms. The van der Waals surface area contributed by atoms with Crippen LogP contribution in [0.4, 0.5) is 0 Å². The summed E-state index contributed by atoms with van der Waals surface area (Å²) in [6, 6.07) is 15.7. The van der Waals surface area contributed by atoms with Gasteiger partial charge in [-0.2, -0.15) is 0 Å². The zero-order chi connectivity index (χ0) is 11.8. The van der Waals surface area contributed by atoms with E-state index >= 15 is 0 Å². The highest BCUT2D eigenvalue weighted by molar-refractivity contribution is 7.71. The molecule has 4 heteroatoms. The molecule has 0 radical (unpaired) electrons. The quantitative estimate of drug-likeness (QED) is 0.646. The lowest BCUT2D eigenvalue weighted by atomic mass is 10.3. The Morgan fingerprint density at radius 3 is 2.53 bits per heavy atom. The van der Waals surface area contributed by atoms with E-state index in [4.69, 9.17) is 23.8 Å². The maximum absolute atomic E-state index is 6.24. The van der Waals surface area contributed by atoms with Crippen LogP contribution in [-0.2, 0) is 0 Å². The molecule has 3 rings (SSSR count). The minimum absolute atomic E-state index is 0.652. The number of aromatic nitrogens is 2. The van der Waals surface area contributed by atoms with E-state index < -0.39 is 0 Å². The number of H-pyrrole nitrogens is 1. The number of benzene rings is 2. The predicted molar refractivity (Wildman–Crippen MR) is 73.5 cm³/mol. The summed E-state index contributed by atoms with van der Waals surface area (Å²) >= 11 is 11.6. The number of imidazole rings is 1. The fourth-order valence-corrected chi connectivity index (χ4v) is 2.51. The van der Waals surface area contributed by atoms with Crippen LogP contribution >= 0.6 is 23.8 Å². The molecule has 0 aliphatic heterocycles. The van der Waals surface area contributed by atoms with Crippen LogP contribution in [0.2, 0.25) is 5.02 Å². The van der Waals surface area contributed by atoms with Crippen LogP contribution in [0.5, 0.6) is 0 Å². The van der Waals surface area contributed by atoms with E-state index in [1.807, 2.05) is 53.1 Å². The van der Waals surface area contributed by atoms with Crippen LogP contribution in [-0.4, -0.2) is 9.55 Å². The molecule has 84 valence electrons. The third-order valence-corrected chi connectivity index (χ3v) is 3.26. The lowest BCUT2D eigenvalue weighted by molar-refractivity contribution is 1.07. The molecule has 1 N–H and O–H groups in total. The van der Waals surface area contributed by atoms with Gasteiger partial charge in [-0.05, 0) is 36.5 Å². The Labute approximate surface area is 108 Å². The Morgan fingerprint density at radius 1 is 1.00 bits per heavy atom. The maximum Gasteiger partial charge on any atom is 0.182 e. The van der Waals surface area contributed by atoms with E-state index in [1.54, 1.807) is 0 Å². The number of nitrogens with one attached hydrogen (secondary N) is 1. The van der Waals surface area contributed by atoms with Gasteiger partial charge in [-0.25, -0.2) is 0 Å². The lowest BCUT2D eigenvalue weighted by Crippen LogP contribution is -1.93. The molecule has 0 fully saturated rings. The van der Waals surface area contributed by atoms with Crippen molar-refractivity contribution in [1.29, 1.82) is 0 Å². The van der Waals surface area contributed by atoms with Crippen molar-refractivity contribution in [1.82, 2.24) is 9.55 Å². The molecule has 0 aliphatic carbocycles. The van der Waals surface area contributed by atoms with E-state index in [0.29, 0.717) is 9.79 Å². The smallest absolute Gasteiger partial charge is 0.182 e. The van der Waals surface area contributed by atoms with Gasteiger partial charge < -0.3 is 4.98 Å². The van der Waals surface area contributed by atoms with Gasteiger partial charge in [0.25, 0.3) is 0 Å². The summed E-state index contributed by atoms with van der Waals surface area (Å²) in [5, 5.41) is 0.693. The number of fused-ring (bicyclic) bond motifs is 1. The SMILES string of the molecule is S=c1[nH]c2cccc(Cl)c2n1-c1ccccc1. The minimum atomic E-state index is 0.652. The van der Waals surface area contributed by atoms with E-state index in [1.165, 1.54) is 0 Å². The van der Waals surface area contributed by atoms with Crippen molar-refractivity contribution in [3.05, 3.63) is 58.3 Å². The first-order valence-corrected chi connectivity index (χ1v) is 6.00. The zero-order valence-electron chi connectivity index (χ0n) is 8.85. The molecule has 0 atom stereocenters. The highest BCUT2D eigenvalue weighted by atomic mass is 35.5. The second-order valence-electron chi connectivity index (χ2n) is 3.74. The van der Waals surface area contributed by atoms with Crippen LogP contribution in [0.25, 0.3) is 16.7 Å². The van der Waals surface area contributed by atoms with Crippen molar-refractivity contribution >= 4 is 34.9 Å². The monoisotopic (exact) mass is 260 g/mol. The zero-order valence-corrected chi connectivity index (χ0v) is 10.4.